The molecular weight excluding hydrogens is 402 g/mol. The highest BCUT2D eigenvalue weighted by Crippen LogP contribution is 2.16. The van der Waals surface area contributed by atoms with Crippen molar-refractivity contribution in [2.24, 2.45) is 0 Å². The van der Waals surface area contributed by atoms with Crippen molar-refractivity contribution in [2.75, 3.05) is 0 Å². The van der Waals surface area contributed by atoms with Gasteiger partial charge in [-0.1, -0.05) is 181 Å². The van der Waals surface area contributed by atoms with Gasteiger partial charge in [-0.2, -0.15) is 0 Å². The third-order valence-corrected chi connectivity index (χ3v) is 7.49. The molecule has 0 aliphatic heterocycles. The van der Waals surface area contributed by atoms with Gasteiger partial charge in [0.1, 0.15) is 0 Å². The second-order valence-electron chi connectivity index (χ2n) is 10.9. The Kier molecular flexibility index (Phi) is 29.9. The molecule has 0 aliphatic rings. The summed E-state index contributed by atoms with van der Waals surface area (Å²) in [5, 5.41) is 9.46. The van der Waals surface area contributed by atoms with Crippen LogP contribution in [0, 0.1) is 0 Å². The molecule has 0 aromatic carbocycles. The second kappa shape index (κ2) is 30.0. The first-order valence-corrected chi connectivity index (χ1v) is 15.7. The van der Waals surface area contributed by atoms with E-state index >= 15 is 0 Å². The van der Waals surface area contributed by atoms with Gasteiger partial charge in [-0.3, -0.25) is 0 Å². The van der Waals surface area contributed by atoms with Gasteiger partial charge in [-0.15, -0.1) is 0 Å². The lowest BCUT2D eigenvalue weighted by molar-refractivity contribution is 0.114. The largest absolute Gasteiger partial charge is 0.317 e. The van der Waals surface area contributed by atoms with Crippen molar-refractivity contribution in [3.05, 3.63) is 0 Å². The van der Waals surface area contributed by atoms with Crippen LogP contribution in [0.1, 0.15) is 194 Å². The van der Waals surface area contributed by atoms with Gasteiger partial charge in [-0.25, -0.2) is 5.48 Å². The molecule has 0 bridgehead atoms. The van der Waals surface area contributed by atoms with Crippen LogP contribution in [0.2, 0.25) is 0 Å². The molecule has 0 aromatic heterocycles. The lowest BCUT2D eigenvalue weighted by Crippen LogP contribution is -2.25. The average molecular weight is 468 g/mol. The standard InChI is InChI=1S/C31H65NO/c1-3-5-7-9-11-13-15-17-19-21-23-25-27-29-31(32-33)30-28-26-24-22-20-18-16-14-12-10-8-6-4-2/h31-33H,3-30H2,1-2H3. The first-order chi connectivity index (χ1) is 16.3. The van der Waals surface area contributed by atoms with E-state index in [1.165, 1.54) is 167 Å². The molecule has 0 unspecified atom stereocenters. The summed E-state index contributed by atoms with van der Waals surface area (Å²) in [6.45, 7) is 4.59. The number of hydroxylamine groups is 1. The number of hydrogen-bond acceptors (Lipinski definition) is 2. The lowest BCUT2D eigenvalue weighted by atomic mass is 10.00. The molecule has 0 rings (SSSR count). The summed E-state index contributed by atoms with van der Waals surface area (Å²) in [4.78, 5) is 0. The van der Waals surface area contributed by atoms with Crippen LogP contribution in [-0.2, 0) is 0 Å². The van der Waals surface area contributed by atoms with Crippen LogP contribution in [-0.4, -0.2) is 11.2 Å². The molecule has 0 fully saturated rings. The minimum atomic E-state index is 0.324. The topological polar surface area (TPSA) is 32.3 Å². The molecule has 0 atom stereocenters. The van der Waals surface area contributed by atoms with E-state index < -0.39 is 0 Å². The number of rotatable bonds is 29. The minimum absolute atomic E-state index is 0.324. The molecule has 0 radical (unpaired) electrons. The number of unbranched alkanes of at least 4 members (excludes halogenated alkanes) is 24. The molecular formula is C31H65NO. The van der Waals surface area contributed by atoms with Crippen molar-refractivity contribution in [3.63, 3.8) is 0 Å². The van der Waals surface area contributed by atoms with E-state index in [1.54, 1.807) is 0 Å². The molecule has 0 amide bonds. The van der Waals surface area contributed by atoms with Crippen LogP contribution in [0.15, 0.2) is 0 Å². The molecule has 0 saturated heterocycles. The summed E-state index contributed by atoms with van der Waals surface area (Å²) >= 11 is 0. The smallest absolute Gasteiger partial charge is 0.0319 e. The van der Waals surface area contributed by atoms with E-state index in [0.717, 1.165) is 12.8 Å². The predicted octanol–water partition coefficient (Wildman–Crippen LogP) is 11.3. The summed E-state index contributed by atoms with van der Waals surface area (Å²) in [5.74, 6) is 0. The first kappa shape index (κ1) is 32.9. The Morgan fingerprint density at radius 1 is 0.364 bits per heavy atom. The maximum atomic E-state index is 9.46. The van der Waals surface area contributed by atoms with Gasteiger partial charge >= 0.3 is 0 Å². The van der Waals surface area contributed by atoms with Crippen LogP contribution in [0.25, 0.3) is 0 Å². The van der Waals surface area contributed by atoms with Crippen LogP contribution in [0.4, 0.5) is 0 Å². The van der Waals surface area contributed by atoms with E-state index in [0.29, 0.717) is 6.04 Å². The third kappa shape index (κ3) is 28.0. The normalized spacial score (nSPS) is 11.6. The van der Waals surface area contributed by atoms with Crippen LogP contribution in [0.3, 0.4) is 0 Å². The SMILES string of the molecule is CCCCCCCCCCCCCCCC(CCCCCCCCCCCCCCC)NO. The number of hydrogen-bond donors (Lipinski definition) is 2. The van der Waals surface area contributed by atoms with Crippen LogP contribution < -0.4 is 5.48 Å². The highest BCUT2D eigenvalue weighted by atomic mass is 16.5. The van der Waals surface area contributed by atoms with Crippen molar-refractivity contribution in [3.8, 4) is 0 Å². The van der Waals surface area contributed by atoms with E-state index in [4.69, 9.17) is 0 Å². The van der Waals surface area contributed by atoms with Crippen molar-refractivity contribution in [1.29, 1.82) is 0 Å². The second-order valence-corrected chi connectivity index (χ2v) is 10.9. The molecule has 0 saturated carbocycles. The van der Waals surface area contributed by atoms with E-state index in [-0.39, 0.29) is 0 Å². The fraction of sp³-hybridized carbons (Fsp3) is 1.00. The quantitative estimate of drug-likeness (QED) is 0.0846. The Bertz CT molecular complexity index is 303. The zero-order chi connectivity index (χ0) is 24.1. The Balaban J connectivity index is 3.26. The lowest BCUT2D eigenvalue weighted by Gasteiger charge is -2.14. The van der Waals surface area contributed by atoms with Crippen LogP contribution >= 0.6 is 0 Å². The highest BCUT2D eigenvalue weighted by Gasteiger charge is 2.06. The Morgan fingerprint density at radius 3 is 0.788 bits per heavy atom. The average Bonchev–Trinajstić information content (AvgIpc) is 2.83. The van der Waals surface area contributed by atoms with Crippen molar-refractivity contribution < 1.29 is 5.21 Å². The molecule has 0 aromatic rings. The molecule has 0 spiro atoms. The third-order valence-electron chi connectivity index (χ3n) is 7.49. The molecule has 2 N–H and O–H groups in total. The Hall–Kier alpha value is -0.0800. The molecule has 200 valence electrons. The molecule has 0 aliphatic carbocycles. The van der Waals surface area contributed by atoms with Gasteiger partial charge in [-0.05, 0) is 12.8 Å². The van der Waals surface area contributed by atoms with E-state index in [9.17, 15) is 5.21 Å². The molecule has 2 nitrogen and oxygen atoms in total. The molecule has 2 heteroatoms. The molecule has 33 heavy (non-hydrogen) atoms. The predicted molar refractivity (Wildman–Crippen MR) is 149 cm³/mol. The summed E-state index contributed by atoms with van der Waals surface area (Å²) in [5.41, 5.74) is 2.59. The monoisotopic (exact) mass is 468 g/mol. The zero-order valence-electron chi connectivity index (χ0n) is 23.3. The summed E-state index contributed by atoms with van der Waals surface area (Å²) in [6, 6.07) is 0.324. The molecule has 0 heterocycles. The van der Waals surface area contributed by atoms with Gasteiger partial charge in [0.2, 0.25) is 0 Å². The number of nitrogens with one attached hydrogen (secondary N) is 1. The van der Waals surface area contributed by atoms with Crippen molar-refractivity contribution >= 4 is 0 Å². The van der Waals surface area contributed by atoms with Gasteiger partial charge in [0.25, 0.3) is 0 Å². The Morgan fingerprint density at radius 2 is 0.576 bits per heavy atom. The fourth-order valence-electron chi connectivity index (χ4n) is 5.09. The van der Waals surface area contributed by atoms with Gasteiger partial charge < -0.3 is 5.21 Å². The summed E-state index contributed by atoms with van der Waals surface area (Å²) in [7, 11) is 0. The van der Waals surface area contributed by atoms with Gasteiger partial charge in [0.15, 0.2) is 0 Å². The van der Waals surface area contributed by atoms with Crippen molar-refractivity contribution in [2.45, 2.75) is 200 Å². The Labute approximate surface area is 210 Å². The maximum absolute atomic E-state index is 9.46. The van der Waals surface area contributed by atoms with Crippen LogP contribution in [0.5, 0.6) is 0 Å². The van der Waals surface area contributed by atoms with Gasteiger partial charge in [0, 0.05) is 6.04 Å². The van der Waals surface area contributed by atoms with E-state index in [2.05, 4.69) is 19.3 Å². The highest BCUT2D eigenvalue weighted by molar-refractivity contribution is 4.63. The van der Waals surface area contributed by atoms with Gasteiger partial charge in [0.05, 0.1) is 0 Å². The van der Waals surface area contributed by atoms with E-state index in [1.807, 2.05) is 0 Å². The first-order valence-electron chi connectivity index (χ1n) is 15.7. The summed E-state index contributed by atoms with van der Waals surface area (Å²) < 4.78 is 0. The van der Waals surface area contributed by atoms with Crippen molar-refractivity contribution in [1.82, 2.24) is 5.48 Å². The minimum Gasteiger partial charge on any atom is -0.317 e. The zero-order valence-corrected chi connectivity index (χ0v) is 23.3. The maximum Gasteiger partial charge on any atom is 0.0319 e. The summed E-state index contributed by atoms with van der Waals surface area (Å²) in [6.07, 6.45) is 38.9. The fourth-order valence-corrected chi connectivity index (χ4v) is 5.09.